The highest BCUT2D eigenvalue weighted by molar-refractivity contribution is 5.92. The van der Waals surface area contributed by atoms with Crippen LogP contribution < -0.4 is 5.32 Å². The summed E-state index contributed by atoms with van der Waals surface area (Å²) in [5, 5.41) is 6.89. The second-order valence-corrected chi connectivity index (χ2v) is 8.00. The maximum Gasteiger partial charge on any atom is 0.273 e. The van der Waals surface area contributed by atoms with Crippen molar-refractivity contribution in [2.24, 2.45) is 5.41 Å². The van der Waals surface area contributed by atoms with Crippen LogP contribution in [0, 0.1) is 12.3 Å². The van der Waals surface area contributed by atoms with Crippen molar-refractivity contribution in [3.05, 3.63) is 47.6 Å². The van der Waals surface area contributed by atoms with Gasteiger partial charge in [-0.25, -0.2) is 4.98 Å². The highest BCUT2D eigenvalue weighted by Crippen LogP contribution is 2.18. The molecule has 1 aromatic carbocycles. The normalized spacial score (nSPS) is 12.1. The van der Waals surface area contributed by atoms with Gasteiger partial charge in [0.15, 0.2) is 11.5 Å². The molecule has 144 valence electrons. The van der Waals surface area contributed by atoms with Crippen LogP contribution in [0.5, 0.6) is 0 Å². The first-order valence-electron chi connectivity index (χ1n) is 9.05. The van der Waals surface area contributed by atoms with Crippen molar-refractivity contribution in [1.29, 1.82) is 0 Å². The minimum absolute atomic E-state index is 0.0292. The van der Waals surface area contributed by atoms with Crippen molar-refractivity contribution in [3.8, 4) is 0 Å². The Morgan fingerprint density at radius 3 is 2.78 bits per heavy atom. The van der Waals surface area contributed by atoms with Crippen LogP contribution in [-0.4, -0.2) is 52.7 Å². The summed E-state index contributed by atoms with van der Waals surface area (Å²) in [5.74, 6) is 1.30. The first-order valence-corrected chi connectivity index (χ1v) is 9.05. The summed E-state index contributed by atoms with van der Waals surface area (Å²) < 4.78 is 7.45. The van der Waals surface area contributed by atoms with Crippen LogP contribution in [0.3, 0.4) is 0 Å². The number of hydrogen-bond donors (Lipinski definition) is 1. The van der Waals surface area contributed by atoms with E-state index in [0.29, 0.717) is 24.5 Å². The first kappa shape index (κ1) is 19.1. The van der Waals surface area contributed by atoms with Crippen molar-refractivity contribution in [3.63, 3.8) is 0 Å². The third-order valence-electron chi connectivity index (χ3n) is 4.42. The second kappa shape index (κ2) is 7.52. The highest BCUT2D eigenvalue weighted by atomic mass is 16.5. The monoisotopic (exact) mass is 369 g/mol. The van der Waals surface area contributed by atoms with Gasteiger partial charge in [0.05, 0.1) is 17.6 Å². The number of nitrogens with one attached hydrogen (secondary N) is 1. The summed E-state index contributed by atoms with van der Waals surface area (Å²) in [6.07, 6.45) is 0. The lowest BCUT2D eigenvalue weighted by atomic mass is 9.93. The van der Waals surface area contributed by atoms with Crippen LogP contribution in [0.15, 0.2) is 34.9 Å². The Labute approximate surface area is 159 Å². The van der Waals surface area contributed by atoms with Gasteiger partial charge in [-0.1, -0.05) is 31.1 Å². The van der Waals surface area contributed by atoms with Gasteiger partial charge in [0, 0.05) is 19.2 Å². The van der Waals surface area contributed by atoms with E-state index in [-0.39, 0.29) is 11.3 Å². The van der Waals surface area contributed by atoms with E-state index < -0.39 is 0 Å². The standard InChI is InChI=1S/C20H27N5O2/c1-14-22-16-8-6-7-9-18(16)25(14)11-15-10-17(23-27-15)19(26)21-12-20(2,3)13-24(4)5/h6-10H,11-13H2,1-5H3,(H,21,26). The molecule has 7 nitrogen and oxygen atoms in total. The average Bonchev–Trinajstić information content (AvgIpc) is 3.17. The molecule has 0 radical (unpaired) electrons. The molecular weight excluding hydrogens is 342 g/mol. The van der Waals surface area contributed by atoms with E-state index in [1.165, 1.54) is 0 Å². The van der Waals surface area contributed by atoms with E-state index in [0.717, 1.165) is 23.4 Å². The van der Waals surface area contributed by atoms with Crippen molar-refractivity contribution in [1.82, 2.24) is 24.9 Å². The number of imidazole rings is 1. The Hall–Kier alpha value is -2.67. The summed E-state index contributed by atoms with van der Waals surface area (Å²) in [4.78, 5) is 19.1. The Balaban J connectivity index is 1.67. The van der Waals surface area contributed by atoms with Gasteiger partial charge < -0.3 is 19.3 Å². The highest BCUT2D eigenvalue weighted by Gasteiger charge is 2.21. The van der Waals surface area contributed by atoms with E-state index in [2.05, 4.69) is 38.8 Å². The quantitative estimate of drug-likeness (QED) is 0.693. The van der Waals surface area contributed by atoms with Crippen LogP contribution in [0.2, 0.25) is 0 Å². The molecule has 27 heavy (non-hydrogen) atoms. The van der Waals surface area contributed by atoms with E-state index in [1.54, 1.807) is 6.07 Å². The Morgan fingerprint density at radius 1 is 1.30 bits per heavy atom. The number of para-hydroxylation sites is 2. The fourth-order valence-electron chi connectivity index (χ4n) is 3.37. The van der Waals surface area contributed by atoms with Crippen LogP contribution in [0.4, 0.5) is 0 Å². The summed E-state index contributed by atoms with van der Waals surface area (Å²) >= 11 is 0. The van der Waals surface area contributed by atoms with Gasteiger partial charge in [0.25, 0.3) is 5.91 Å². The van der Waals surface area contributed by atoms with E-state index in [1.807, 2.05) is 45.3 Å². The summed E-state index contributed by atoms with van der Waals surface area (Å²) in [5.41, 5.74) is 2.24. The third-order valence-corrected chi connectivity index (χ3v) is 4.42. The number of aryl methyl sites for hydroxylation is 1. The molecule has 3 rings (SSSR count). The summed E-state index contributed by atoms with van der Waals surface area (Å²) in [6.45, 7) is 8.13. The van der Waals surface area contributed by atoms with Gasteiger partial charge in [0.2, 0.25) is 0 Å². The Bertz CT molecular complexity index is 939. The molecule has 1 N–H and O–H groups in total. The number of rotatable bonds is 7. The van der Waals surface area contributed by atoms with Crippen LogP contribution in [-0.2, 0) is 6.54 Å². The van der Waals surface area contributed by atoms with Gasteiger partial charge >= 0.3 is 0 Å². The lowest BCUT2D eigenvalue weighted by Gasteiger charge is -2.28. The van der Waals surface area contributed by atoms with Gasteiger partial charge in [-0.15, -0.1) is 0 Å². The number of amides is 1. The Morgan fingerprint density at radius 2 is 2.04 bits per heavy atom. The molecule has 0 aliphatic carbocycles. The molecule has 0 unspecified atom stereocenters. The van der Waals surface area contributed by atoms with E-state index in [9.17, 15) is 4.79 Å². The zero-order valence-electron chi connectivity index (χ0n) is 16.6. The molecule has 0 atom stereocenters. The van der Waals surface area contributed by atoms with Crippen molar-refractivity contribution in [2.75, 3.05) is 27.2 Å². The molecule has 0 spiro atoms. The molecule has 7 heteroatoms. The van der Waals surface area contributed by atoms with Crippen molar-refractivity contribution < 1.29 is 9.32 Å². The third kappa shape index (κ3) is 4.54. The number of hydrogen-bond acceptors (Lipinski definition) is 5. The predicted molar refractivity (Wildman–Crippen MR) is 105 cm³/mol. The lowest BCUT2D eigenvalue weighted by Crippen LogP contribution is -2.40. The largest absolute Gasteiger partial charge is 0.359 e. The predicted octanol–water partition coefficient (Wildman–Crippen LogP) is 2.70. The molecule has 3 aromatic rings. The molecule has 0 aliphatic rings. The molecule has 2 heterocycles. The summed E-state index contributed by atoms with van der Waals surface area (Å²) in [6, 6.07) is 9.64. The molecule has 2 aromatic heterocycles. The fraction of sp³-hybridized carbons (Fsp3) is 0.450. The van der Waals surface area contributed by atoms with Gasteiger partial charge in [0.1, 0.15) is 5.82 Å². The number of carbonyl (C=O) groups is 1. The zero-order chi connectivity index (χ0) is 19.6. The van der Waals surface area contributed by atoms with Gasteiger partial charge in [-0.2, -0.15) is 0 Å². The number of fused-ring (bicyclic) bond motifs is 1. The zero-order valence-corrected chi connectivity index (χ0v) is 16.6. The number of carbonyl (C=O) groups excluding carboxylic acids is 1. The SMILES string of the molecule is Cc1nc2ccccc2n1Cc1cc(C(=O)NCC(C)(C)CN(C)C)no1. The fourth-order valence-corrected chi connectivity index (χ4v) is 3.37. The van der Waals surface area contributed by atoms with Gasteiger partial charge in [-0.05, 0) is 38.6 Å². The molecule has 0 aliphatic heterocycles. The number of aromatic nitrogens is 3. The van der Waals surface area contributed by atoms with Crippen LogP contribution in [0.25, 0.3) is 11.0 Å². The molecule has 0 saturated heterocycles. The molecule has 0 saturated carbocycles. The minimum atomic E-state index is -0.218. The van der Waals surface area contributed by atoms with E-state index in [4.69, 9.17) is 4.52 Å². The second-order valence-electron chi connectivity index (χ2n) is 8.00. The molecule has 0 fully saturated rings. The minimum Gasteiger partial charge on any atom is -0.359 e. The van der Waals surface area contributed by atoms with Crippen molar-refractivity contribution >= 4 is 16.9 Å². The number of benzene rings is 1. The molecule has 1 amide bonds. The molecule has 0 bridgehead atoms. The molecular formula is C20H27N5O2. The Kier molecular flexibility index (Phi) is 5.32. The smallest absolute Gasteiger partial charge is 0.273 e. The number of nitrogens with zero attached hydrogens (tertiary/aromatic N) is 4. The van der Waals surface area contributed by atoms with Gasteiger partial charge in [-0.3, -0.25) is 4.79 Å². The van der Waals surface area contributed by atoms with Crippen LogP contribution in [0.1, 0.15) is 35.9 Å². The summed E-state index contributed by atoms with van der Waals surface area (Å²) in [7, 11) is 4.05. The van der Waals surface area contributed by atoms with Crippen molar-refractivity contribution in [2.45, 2.75) is 27.3 Å². The van der Waals surface area contributed by atoms with E-state index >= 15 is 0 Å². The van der Waals surface area contributed by atoms with Crippen LogP contribution >= 0.6 is 0 Å². The lowest BCUT2D eigenvalue weighted by molar-refractivity contribution is 0.0920. The maximum atomic E-state index is 12.4. The maximum absolute atomic E-state index is 12.4. The topological polar surface area (TPSA) is 76.2 Å². The first-order chi connectivity index (χ1) is 12.7. The average molecular weight is 369 g/mol.